The number of benzene rings is 1. The lowest BCUT2D eigenvalue weighted by atomic mass is 9.99. The van der Waals surface area contributed by atoms with Crippen LogP contribution >= 0.6 is 0 Å². The second kappa shape index (κ2) is 7.93. The number of H-pyrrole nitrogens is 1. The van der Waals surface area contributed by atoms with E-state index in [9.17, 15) is 9.59 Å². The summed E-state index contributed by atoms with van der Waals surface area (Å²) >= 11 is 0. The van der Waals surface area contributed by atoms with Crippen molar-refractivity contribution in [3.8, 4) is 11.1 Å². The fraction of sp³-hybridized carbons (Fsp3) is 0.368. The van der Waals surface area contributed by atoms with Gasteiger partial charge in [0.25, 0.3) is 11.5 Å². The molecule has 2 rings (SSSR count). The largest absolute Gasteiger partial charge is 0.396 e. The minimum Gasteiger partial charge on any atom is -0.396 e. The molecule has 0 saturated carbocycles. The number of rotatable bonds is 6. The zero-order valence-corrected chi connectivity index (χ0v) is 14.3. The van der Waals surface area contributed by atoms with Gasteiger partial charge in [0.1, 0.15) is 5.56 Å². The summed E-state index contributed by atoms with van der Waals surface area (Å²) in [6.07, 6.45) is 0.457. The van der Waals surface area contributed by atoms with E-state index in [4.69, 9.17) is 5.11 Å². The molecular formula is C19H24N2O3. The van der Waals surface area contributed by atoms with E-state index < -0.39 is 11.5 Å². The number of aryl methyl sites for hydroxylation is 1. The number of carbonyl (C=O) groups is 1. The monoisotopic (exact) mass is 328 g/mol. The molecule has 1 heterocycles. The van der Waals surface area contributed by atoms with Gasteiger partial charge in [-0.3, -0.25) is 9.59 Å². The first-order valence-electron chi connectivity index (χ1n) is 8.15. The summed E-state index contributed by atoms with van der Waals surface area (Å²) < 4.78 is 0. The van der Waals surface area contributed by atoms with Gasteiger partial charge < -0.3 is 15.4 Å². The lowest BCUT2D eigenvalue weighted by Gasteiger charge is -2.21. The maximum absolute atomic E-state index is 12.5. The fourth-order valence-corrected chi connectivity index (χ4v) is 2.67. The Kier molecular flexibility index (Phi) is 5.93. The fourth-order valence-electron chi connectivity index (χ4n) is 2.67. The number of nitrogens with one attached hydrogen (secondary N) is 2. The summed E-state index contributed by atoms with van der Waals surface area (Å²) in [6, 6.07) is 11.1. The Morgan fingerprint density at radius 3 is 2.50 bits per heavy atom. The predicted molar refractivity (Wildman–Crippen MR) is 95.0 cm³/mol. The van der Waals surface area contributed by atoms with Crippen LogP contribution in [0.1, 0.15) is 36.3 Å². The molecule has 1 aromatic heterocycles. The number of aromatic amines is 1. The number of hydrogen-bond acceptors (Lipinski definition) is 3. The molecule has 0 aliphatic rings. The normalized spacial score (nSPS) is 12.2. The maximum atomic E-state index is 12.5. The third kappa shape index (κ3) is 4.11. The molecule has 24 heavy (non-hydrogen) atoms. The SMILES string of the molecule is Cc1[nH]c(=O)c(C(=O)NC(CCO)C(C)C)cc1-c1ccccc1. The molecule has 0 fully saturated rings. The van der Waals surface area contributed by atoms with Gasteiger partial charge in [0, 0.05) is 23.9 Å². The Bertz CT molecular complexity index is 751. The number of amides is 1. The summed E-state index contributed by atoms with van der Waals surface area (Å²) in [6.45, 7) is 5.74. The van der Waals surface area contributed by atoms with Crippen LogP contribution in [0.3, 0.4) is 0 Å². The van der Waals surface area contributed by atoms with Crippen LogP contribution in [0.25, 0.3) is 11.1 Å². The molecule has 5 heteroatoms. The molecule has 0 aliphatic heterocycles. The van der Waals surface area contributed by atoms with Crippen molar-refractivity contribution in [1.29, 1.82) is 0 Å². The van der Waals surface area contributed by atoms with E-state index in [1.165, 1.54) is 0 Å². The molecule has 0 radical (unpaired) electrons. The second-order valence-corrected chi connectivity index (χ2v) is 6.25. The van der Waals surface area contributed by atoms with Crippen LogP contribution in [0.4, 0.5) is 0 Å². The molecule has 0 spiro atoms. The molecule has 0 aliphatic carbocycles. The van der Waals surface area contributed by atoms with Crippen LogP contribution in [-0.2, 0) is 0 Å². The Balaban J connectivity index is 2.36. The van der Waals surface area contributed by atoms with Gasteiger partial charge in [0.15, 0.2) is 0 Å². The highest BCUT2D eigenvalue weighted by Gasteiger charge is 2.20. The first-order chi connectivity index (χ1) is 11.4. The zero-order chi connectivity index (χ0) is 17.7. The molecule has 0 saturated heterocycles. The third-order valence-electron chi connectivity index (χ3n) is 4.13. The molecule has 2 aromatic rings. The van der Waals surface area contributed by atoms with Crippen molar-refractivity contribution in [1.82, 2.24) is 10.3 Å². The van der Waals surface area contributed by atoms with Crippen molar-refractivity contribution in [2.24, 2.45) is 5.92 Å². The van der Waals surface area contributed by atoms with Gasteiger partial charge in [-0.25, -0.2) is 0 Å². The third-order valence-corrected chi connectivity index (χ3v) is 4.13. The lowest BCUT2D eigenvalue weighted by Crippen LogP contribution is -2.41. The second-order valence-electron chi connectivity index (χ2n) is 6.25. The number of aromatic nitrogens is 1. The standard InChI is InChI=1S/C19H24N2O3/c1-12(2)17(9-10-22)21-19(24)16-11-15(13(3)20-18(16)23)14-7-5-4-6-8-14/h4-8,11-12,17,22H,9-10H2,1-3H3,(H,20,23)(H,21,24). The molecule has 1 atom stereocenters. The van der Waals surface area contributed by atoms with Crippen LogP contribution in [0.5, 0.6) is 0 Å². The summed E-state index contributed by atoms with van der Waals surface area (Å²) in [5.74, 6) is -0.250. The van der Waals surface area contributed by atoms with Gasteiger partial charge in [-0.15, -0.1) is 0 Å². The van der Waals surface area contributed by atoms with E-state index in [2.05, 4.69) is 10.3 Å². The Morgan fingerprint density at radius 1 is 1.25 bits per heavy atom. The minimum absolute atomic E-state index is 0.0113. The van der Waals surface area contributed by atoms with Crippen molar-refractivity contribution in [3.05, 3.63) is 58.0 Å². The van der Waals surface area contributed by atoms with E-state index in [-0.39, 0.29) is 24.1 Å². The quantitative estimate of drug-likeness (QED) is 0.762. The predicted octanol–water partition coefficient (Wildman–Crippen LogP) is 2.49. The van der Waals surface area contributed by atoms with Gasteiger partial charge >= 0.3 is 0 Å². The summed E-state index contributed by atoms with van der Waals surface area (Å²) in [5.41, 5.74) is 2.16. The van der Waals surface area contributed by atoms with Crippen LogP contribution in [-0.4, -0.2) is 28.6 Å². The molecule has 1 amide bonds. The van der Waals surface area contributed by atoms with Crippen LogP contribution in [0.2, 0.25) is 0 Å². The summed E-state index contributed by atoms with van der Waals surface area (Å²) in [5, 5.41) is 12.0. The Morgan fingerprint density at radius 2 is 1.92 bits per heavy atom. The average molecular weight is 328 g/mol. The minimum atomic E-state index is -0.416. The number of aliphatic hydroxyl groups is 1. The van der Waals surface area contributed by atoms with E-state index in [1.54, 1.807) is 6.07 Å². The van der Waals surface area contributed by atoms with Gasteiger partial charge in [0.05, 0.1) is 0 Å². The number of pyridine rings is 1. The van der Waals surface area contributed by atoms with E-state index in [0.29, 0.717) is 6.42 Å². The van der Waals surface area contributed by atoms with E-state index in [1.807, 2.05) is 51.1 Å². The van der Waals surface area contributed by atoms with Crippen molar-refractivity contribution < 1.29 is 9.90 Å². The number of carbonyl (C=O) groups excluding carboxylic acids is 1. The van der Waals surface area contributed by atoms with Crippen LogP contribution in [0.15, 0.2) is 41.2 Å². The topological polar surface area (TPSA) is 82.2 Å². The van der Waals surface area contributed by atoms with Crippen molar-refractivity contribution in [3.63, 3.8) is 0 Å². The molecule has 1 unspecified atom stereocenters. The molecule has 3 N–H and O–H groups in total. The molecule has 5 nitrogen and oxygen atoms in total. The molecule has 0 bridgehead atoms. The highest BCUT2D eigenvalue weighted by Crippen LogP contribution is 2.21. The maximum Gasteiger partial charge on any atom is 0.261 e. The highest BCUT2D eigenvalue weighted by atomic mass is 16.3. The number of hydrogen-bond donors (Lipinski definition) is 3. The van der Waals surface area contributed by atoms with Gasteiger partial charge in [-0.2, -0.15) is 0 Å². The lowest BCUT2D eigenvalue weighted by molar-refractivity contribution is 0.0915. The zero-order valence-electron chi connectivity index (χ0n) is 14.3. The Hall–Kier alpha value is -2.40. The van der Waals surface area contributed by atoms with Crippen molar-refractivity contribution in [2.75, 3.05) is 6.61 Å². The smallest absolute Gasteiger partial charge is 0.261 e. The van der Waals surface area contributed by atoms with Crippen LogP contribution in [0, 0.1) is 12.8 Å². The number of aliphatic hydroxyl groups excluding tert-OH is 1. The first-order valence-corrected chi connectivity index (χ1v) is 8.15. The molecule has 128 valence electrons. The first kappa shape index (κ1) is 17.9. The Labute approximate surface area is 141 Å². The van der Waals surface area contributed by atoms with Gasteiger partial charge in [-0.1, -0.05) is 44.2 Å². The van der Waals surface area contributed by atoms with Gasteiger partial charge in [-0.05, 0) is 30.9 Å². The van der Waals surface area contributed by atoms with E-state index >= 15 is 0 Å². The summed E-state index contributed by atoms with van der Waals surface area (Å²) in [4.78, 5) is 27.5. The van der Waals surface area contributed by atoms with Gasteiger partial charge in [0.2, 0.25) is 0 Å². The van der Waals surface area contributed by atoms with Crippen molar-refractivity contribution in [2.45, 2.75) is 33.2 Å². The van der Waals surface area contributed by atoms with E-state index in [0.717, 1.165) is 16.8 Å². The van der Waals surface area contributed by atoms with Crippen molar-refractivity contribution >= 4 is 5.91 Å². The average Bonchev–Trinajstić information content (AvgIpc) is 2.55. The molecule has 1 aromatic carbocycles. The molecular weight excluding hydrogens is 304 g/mol. The van der Waals surface area contributed by atoms with Crippen LogP contribution < -0.4 is 10.9 Å². The summed E-state index contributed by atoms with van der Waals surface area (Å²) in [7, 11) is 0. The highest BCUT2D eigenvalue weighted by molar-refractivity contribution is 5.95.